The smallest absolute Gasteiger partial charge is 0.327 e. The zero-order valence-electron chi connectivity index (χ0n) is 9.83. The summed E-state index contributed by atoms with van der Waals surface area (Å²) in [6, 6.07) is 11.2. The molecule has 0 spiro atoms. The Morgan fingerprint density at radius 2 is 2.17 bits per heavy atom. The highest BCUT2D eigenvalue weighted by Gasteiger charge is 2.08. The van der Waals surface area contributed by atoms with Gasteiger partial charge < -0.3 is 9.84 Å². The van der Waals surface area contributed by atoms with Crippen molar-refractivity contribution in [2.45, 2.75) is 6.54 Å². The lowest BCUT2D eigenvalue weighted by Gasteiger charge is -2.08. The van der Waals surface area contributed by atoms with E-state index in [0.29, 0.717) is 5.76 Å². The quantitative estimate of drug-likeness (QED) is 0.836. The van der Waals surface area contributed by atoms with Gasteiger partial charge in [0, 0.05) is 18.7 Å². The van der Waals surface area contributed by atoms with E-state index in [4.69, 9.17) is 4.52 Å². The second-order valence-corrected chi connectivity index (χ2v) is 4.33. The number of nitrogens with zero attached hydrogens (tertiary/aromatic N) is 2. The summed E-state index contributed by atoms with van der Waals surface area (Å²) in [5, 5.41) is 6.59. The van der Waals surface area contributed by atoms with E-state index in [0.717, 1.165) is 15.6 Å². The maximum Gasteiger partial charge on any atom is 0.327 e. The van der Waals surface area contributed by atoms with Gasteiger partial charge in [0.15, 0.2) is 5.76 Å². The Morgan fingerprint density at radius 3 is 2.83 bits per heavy atom. The first-order valence-electron chi connectivity index (χ1n) is 5.38. The van der Waals surface area contributed by atoms with Crippen molar-refractivity contribution in [3.8, 4) is 11.3 Å². The van der Waals surface area contributed by atoms with E-state index in [1.807, 2.05) is 30.3 Å². The lowest BCUT2D eigenvalue weighted by molar-refractivity contribution is 0.229. The number of urea groups is 1. The largest absolute Gasteiger partial charge is 0.359 e. The average Bonchev–Trinajstić information content (AvgIpc) is 2.85. The van der Waals surface area contributed by atoms with E-state index in [2.05, 4.69) is 23.3 Å². The fourth-order valence-electron chi connectivity index (χ4n) is 1.42. The van der Waals surface area contributed by atoms with Gasteiger partial charge in [-0.1, -0.05) is 48.3 Å². The highest BCUT2D eigenvalue weighted by molar-refractivity contribution is 7.78. The van der Waals surface area contributed by atoms with Gasteiger partial charge >= 0.3 is 6.03 Å². The van der Waals surface area contributed by atoms with Crippen molar-refractivity contribution in [3.05, 3.63) is 42.2 Å². The lowest BCUT2D eigenvalue weighted by atomic mass is 10.1. The van der Waals surface area contributed by atoms with Gasteiger partial charge in [-0.2, -0.15) is 0 Å². The van der Waals surface area contributed by atoms with Crippen LogP contribution < -0.4 is 5.32 Å². The van der Waals surface area contributed by atoms with Crippen LogP contribution in [0, 0.1) is 0 Å². The molecule has 0 aliphatic heterocycles. The molecule has 5 nitrogen and oxygen atoms in total. The number of thiol groups is 1. The van der Waals surface area contributed by atoms with Gasteiger partial charge in [-0.25, -0.2) is 4.79 Å². The molecule has 0 aliphatic carbocycles. The molecule has 94 valence electrons. The van der Waals surface area contributed by atoms with Crippen molar-refractivity contribution >= 4 is 18.8 Å². The highest BCUT2D eigenvalue weighted by Crippen LogP contribution is 2.18. The predicted octanol–water partition coefficient (Wildman–Crippen LogP) is 2.33. The lowest BCUT2D eigenvalue weighted by Crippen LogP contribution is -2.30. The molecule has 2 rings (SSSR count). The molecule has 2 amide bonds. The normalized spacial score (nSPS) is 10.1. The fraction of sp³-hybridized carbons (Fsp3) is 0.167. The fourth-order valence-corrected chi connectivity index (χ4v) is 1.49. The first-order chi connectivity index (χ1) is 8.66. The summed E-state index contributed by atoms with van der Waals surface area (Å²) in [7, 11) is 1.55. The molecule has 0 radical (unpaired) electrons. The van der Waals surface area contributed by atoms with E-state index < -0.39 is 0 Å². The maximum atomic E-state index is 11.3. The molecule has 0 aliphatic rings. The number of benzene rings is 1. The average molecular weight is 263 g/mol. The van der Waals surface area contributed by atoms with E-state index in [1.165, 1.54) is 0 Å². The standard InChI is InChI=1S/C12H13N3O2S/c1-15(18)12(16)13-8-10-7-11(14-17-10)9-5-3-2-4-6-9/h2-7,18H,8H2,1H3,(H,13,16). The van der Waals surface area contributed by atoms with Crippen LogP contribution in [-0.4, -0.2) is 22.5 Å². The second kappa shape index (κ2) is 5.59. The molecule has 0 fully saturated rings. The van der Waals surface area contributed by atoms with Crippen LogP contribution in [0.15, 0.2) is 40.9 Å². The van der Waals surface area contributed by atoms with Gasteiger partial charge in [-0.15, -0.1) is 0 Å². The van der Waals surface area contributed by atoms with Crippen molar-refractivity contribution in [2.75, 3.05) is 7.05 Å². The molecule has 2 aromatic rings. The number of carbonyl (C=O) groups is 1. The Labute approximate surface area is 110 Å². The van der Waals surface area contributed by atoms with Crippen LogP contribution in [0.25, 0.3) is 11.3 Å². The number of hydrogen-bond donors (Lipinski definition) is 2. The number of rotatable bonds is 3. The first-order valence-corrected chi connectivity index (χ1v) is 5.78. The molecule has 0 atom stereocenters. The Hall–Kier alpha value is -1.95. The van der Waals surface area contributed by atoms with E-state index >= 15 is 0 Å². The molecule has 0 bridgehead atoms. The topological polar surface area (TPSA) is 58.4 Å². The van der Waals surface area contributed by atoms with Crippen molar-refractivity contribution in [1.29, 1.82) is 0 Å². The van der Waals surface area contributed by atoms with Gasteiger partial charge in [0.2, 0.25) is 0 Å². The summed E-state index contributed by atoms with van der Waals surface area (Å²) in [4.78, 5) is 11.3. The number of amides is 2. The van der Waals surface area contributed by atoms with Crippen LogP contribution in [0.2, 0.25) is 0 Å². The van der Waals surface area contributed by atoms with Gasteiger partial charge in [0.1, 0.15) is 5.69 Å². The van der Waals surface area contributed by atoms with Crippen molar-refractivity contribution < 1.29 is 9.32 Å². The van der Waals surface area contributed by atoms with Gasteiger partial charge in [-0.3, -0.25) is 4.31 Å². The zero-order chi connectivity index (χ0) is 13.0. The van der Waals surface area contributed by atoms with E-state index in [9.17, 15) is 4.79 Å². The minimum Gasteiger partial charge on any atom is -0.359 e. The Bertz CT molecular complexity index is 525. The first kappa shape index (κ1) is 12.5. The van der Waals surface area contributed by atoms with Gasteiger partial charge in [0.25, 0.3) is 0 Å². The molecule has 0 saturated heterocycles. The summed E-state index contributed by atoms with van der Waals surface area (Å²) in [5.41, 5.74) is 1.73. The summed E-state index contributed by atoms with van der Waals surface area (Å²) >= 11 is 3.88. The van der Waals surface area contributed by atoms with Crippen LogP contribution in [0.3, 0.4) is 0 Å². The molecule has 1 aromatic heterocycles. The van der Waals surface area contributed by atoms with E-state index in [1.54, 1.807) is 13.1 Å². The van der Waals surface area contributed by atoms with Crippen LogP contribution in [0.5, 0.6) is 0 Å². The summed E-state index contributed by atoms with van der Waals surface area (Å²) in [5.74, 6) is 0.595. The third kappa shape index (κ3) is 3.04. The zero-order valence-corrected chi connectivity index (χ0v) is 10.7. The number of nitrogens with one attached hydrogen (secondary N) is 1. The molecular formula is C12H13N3O2S. The molecule has 1 aromatic carbocycles. The van der Waals surface area contributed by atoms with Crippen molar-refractivity contribution in [3.63, 3.8) is 0 Å². The third-order valence-electron chi connectivity index (χ3n) is 2.34. The van der Waals surface area contributed by atoms with Gasteiger partial charge in [-0.05, 0) is 0 Å². The molecule has 0 unspecified atom stereocenters. The van der Waals surface area contributed by atoms with Crippen LogP contribution in [0.4, 0.5) is 4.79 Å². The predicted molar refractivity (Wildman–Crippen MR) is 70.9 cm³/mol. The molecule has 1 N–H and O–H groups in total. The summed E-state index contributed by atoms with van der Waals surface area (Å²) < 4.78 is 6.30. The molecule has 1 heterocycles. The molecule has 0 saturated carbocycles. The van der Waals surface area contributed by atoms with Crippen molar-refractivity contribution in [1.82, 2.24) is 14.8 Å². The SMILES string of the molecule is CN(S)C(=O)NCc1cc(-c2ccccc2)no1. The Balaban J connectivity index is 2.01. The van der Waals surface area contributed by atoms with Crippen LogP contribution >= 0.6 is 12.8 Å². The van der Waals surface area contributed by atoms with Crippen LogP contribution in [-0.2, 0) is 6.54 Å². The second-order valence-electron chi connectivity index (χ2n) is 3.73. The minimum absolute atomic E-state index is 0.281. The molecular weight excluding hydrogens is 250 g/mol. The highest BCUT2D eigenvalue weighted by atomic mass is 32.1. The molecule has 6 heteroatoms. The summed E-state index contributed by atoms with van der Waals surface area (Å²) in [6.45, 7) is 0.281. The number of hydrogen-bond acceptors (Lipinski definition) is 4. The van der Waals surface area contributed by atoms with Crippen LogP contribution in [0.1, 0.15) is 5.76 Å². The van der Waals surface area contributed by atoms with Gasteiger partial charge in [0.05, 0.1) is 6.54 Å². The summed E-state index contributed by atoms with van der Waals surface area (Å²) in [6.07, 6.45) is 0. The van der Waals surface area contributed by atoms with Crippen molar-refractivity contribution in [2.24, 2.45) is 0 Å². The Kier molecular flexibility index (Phi) is 3.88. The number of carbonyl (C=O) groups excluding carboxylic acids is 1. The monoisotopic (exact) mass is 263 g/mol. The minimum atomic E-state index is -0.295. The maximum absolute atomic E-state index is 11.3. The third-order valence-corrected chi connectivity index (χ3v) is 2.52. The number of aromatic nitrogens is 1. The van der Waals surface area contributed by atoms with E-state index in [-0.39, 0.29) is 12.6 Å². The Morgan fingerprint density at radius 1 is 1.44 bits per heavy atom. The molecule has 18 heavy (non-hydrogen) atoms.